The number of aryl methyl sites for hydroxylation is 1. The molecule has 1 aromatic heterocycles. The average Bonchev–Trinajstić information content (AvgIpc) is 3.57. The van der Waals surface area contributed by atoms with Crippen LogP contribution >= 0.6 is 0 Å². The van der Waals surface area contributed by atoms with Gasteiger partial charge < -0.3 is 25.8 Å². The second kappa shape index (κ2) is 8.53. The summed E-state index contributed by atoms with van der Waals surface area (Å²) in [4.78, 5) is 27.6. The highest BCUT2D eigenvalue weighted by molar-refractivity contribution is 6.05. The Hall–Kier alpha value is -4.10. The number of hydrogen-bond donors (Lipinski definition) is 3. The summed E-state index contributed by atoms with van der Waals surface area (Å²) >= 11 is 0. The van der Waals surface area contributed by atoms with Crippen LogP contribution in [0, 0.1) is 0 Å². The number of aromatic nitrogens is 1. The number of carbonyl (C=O) groups excluding carboxylic acids is 2. The smallest absolute Gasteiger partial charge is 0.255 e. The first kappa shape index (κ1) is 22.4. The fourth-order valence-corrected chi connectivity index (χ4v) is 5.37. The summed E-state index contributed by atoms with van der Waals surface area (Å²) in [6.45, 7) is 2.57. The molecule has 1 aliphatic carbocycles. The summed E-state index contributed by atoms with van der Waals surface area (Å²) in [5, 5.41) is 7.43. The lowest BCUT2D eigenvalue weighted by Gasteiger charge is -2.31. The number of nitrogens with one attached hydrogen (secondary N) is 2. The number of anilines is 2. The van der Waals surface area contributed by atoms with Crippen molar-refractivity contribution >= 4 is 34.1 Å². The van der Waals surface area contributed by atoms with Crippen molar-refractivity contribution in [2.75, 3.05) is 11.1 Å². The van der Waals surface area contributed by atoms with Crippen LogP contribution in [0.3, 0.4) is 0 Å². The maximum Gasteiger partial charge on any atom is 0.255 e. The van der Waals surface area contributed by atoms with Crippen LogP contribution in [0.25, 0.3) is 22.0 Å². The molecule has 1 saturated heterocycles. The Morgan fingerprint density at radius 2 is 1.83 bits per heavy atom. The molecule has 2 aliphatic rings. The summed E-state index contributed by atoms with van der Waals surface area (Å²) in [5.74, 6) is 0.00726. The van der Waals surface area contributed by atoms with E-state index in [1.165, 1.54) is 0 Å². The van der Waals surface area contributed by atoms with Gasteiger partial charge in [0.05, 0.1) is 11.6 Å². The van der Waals surface area contributed by atoms with E-state index in [0.717, 1.165) is 34.0 Å². The molecule has 4 N–H and O–H groups in total. The number of fused-ring (bicyclic) bond motifs is 2. The molecule has 2 amide bonds. The number of amides is 2. The van der Waals surface area contributed by atoms with E-state index in [0.29, 0.717) is 35.6 Å². The normalized spacial score (nSPS) is 20.9. The average molecular weight is 480 g/mol. The Balaban J connectivity index is 1.26. The minimum Gasteiger partial charge on any atom is -0.399 e. The van der Waals surface area contributed by atoms with Crippen LogP contribution < -0.4 is 16.4 Å². The van der Waals surface area contributed by atoms with Crippen molar-refractivity contribution in [3.8, 4) is 11.1 Å². The second-order valence-corrected chi connectivity index (χ2v) is 9.88. The molecule has 36 heavy (non-hydrogen) atoms. The van der Waals surface area contributed by atoms with Gasteiger partial charge >= 0.3 is 0 Å². The maximum absolute atomic E-state index is 12.9. The Bertz CT molecular complexity index is 1470. The summed E-state index contributed by atoms with van der Waals surface area (Å²) in [6.07, 6.45) is 3.16. The molecule has 3 aromatic carbocycles. The largest absolute Gasteiger partial charge is 0.399 e. The highest BCUT2D eigenvalue weighted by Crippen LogP contribution is 2.37. The molecule has 2 fully saturated rings. The van der Waals surface area contributed by atoms with Gasteiger partial charge in [0.25, 0.3) is 5.91 Å². The van der Waals surface area contributed by atoms with Crippen molar-refractivity contribution < 1.29 is 9.59 Å². The van der Waals surface area contributed by atoms with Gasteiger partial charge in [0.2, 0.25) is 5.91 Å². The standard InChI is InChI=1S/C29H29N5O2/c1-17-29(36)34(26-14-25(26)31-17)15-20-4-3-5-23-24(16-33(2)27(20)23)18-6-8-19(9-7-18)28(35)32-22-12-10-21(30)11-13-22/h3-13,16-17,25-26,31H,14-15,30H2,1-2H3,(H,32,35)/t17-,25-,26+/m0/s1. The molecule has 7 heteroatoms. The third kappa shape index (κ3) is 3.91. The third-order valence-corrected chi connectivity index (χ3v) is 7.33. The fourth-order valence-electron chi connectivity index (χ4n) is 5.37. The van der Waals surface area contributed by atoms with Crippen molar-refractivity contribution in [1.82, 2.24) is 14.8 Å². The fraction of sp³-hybridized carbons (Fsp3) is 0.241. The number of para-hydroxylation sites is 1. The first-order chi connectivity index (χ1) is 17.4. The van der Waals surface area contributed by atoms with E-state index in [4.69, 9.17) is 5.73 Å². The molecule has 0 unspecified atom stereocenters. The number of carbonyl (C=O) groups is 2. The molecule has 6 rings (SSSR count). The number of nitrogen functional groups attached to an aromatic ring is 1. The zero-order valence-electron chi connectivity index (χ0n) is 20.4. The molecule has 7 nitrogen and oxygen atoms in total. The monoisotopic (exact) mass is 479 g/mol. The lowest BCUT2D eigenvalue weighted by molar-refractivity contribution is -0.136. The first-order valence-corrected chi connectivity index (χ1v) is 12.3. The summed E-state index contributed by atoms with van der Waals surface area (Å²) in [7, 11) is 2.05. The van der Waals surface area contributed by atoms with Crippen LogP contribution in [0.5, 0.6) is 0 Å². The molecule has 1 saturated carbocycles. The molecule has 182 valence electrons. The van der Waals surface area contributed by atoms with Crippen molar-refractivity contribution in [3.05, 3.63) is 84.1 Å². The highest BCUT2D eigenvalue weighted by atomic mass is 16.2. The number of piperazine rings is 1. The molecular formula is C29H29N5O2. The number of hydrogen-bond acceptors (Lipinski definition) is 4. The van der Waals surface area contributed by atoms with E-state index < -0.39 is 0 Å². The summed E-state index contributed by atoms with van der Waals surface area (Å²) < 4.78 is 2.14. The van der Waals surface area contributed by atoms with Gasteiger partial charge in [-0.3, -0.25) is 9.59 Å². The number of benzene rings is 3. The van der Waals surface area contributed by atoms with Crippen LogP contribution in [-0.4, -0.2) is 39.4 Å². The quantitative estimate of drug-likeness (QED) is 0.375. The van der Waals surface area contributed by atoms with Gasteiger partial charge in [-0.1, -0.05) is 30.3 Å². The second-order valence-electron chi connectivity index (χ2n) is 9.88. The van der Waals surface area contributed by atoms with E-state index in [-0.39, 0.29) is 17.9 Å². The van der Waals surface area contributed by atoms with Gasteiger partial charge in [-0.25, -0.2) is 0 Å². The Kier molecular flexibility index (Phi) is 5.30. The van der Waals surface area contributed by atoms with Crippen molar-refractivity contribution in [2.45, 2.75) is 38.0 Å². The molecule has 2 heterocycles. The van der Waals surface area contributed by atoms with Crippen LogP contribution in [0.2, 0.25) is 0 Å². The van der Waals surface area contributed by atoms with Gasteiger partial charge in [0.15, 0.2) is 0 Å². The Morgan fingerprint density at radius 3 is 2.58 bits per heavy atom. The lowest BCUT2D eigenvalue weighted by Crippen LogP contribution is -2.53. The van der Waals surface area contributed by atoms with Crippen LogP contribution in [0.4, 0.5) is 11.4 Å². The molecule has 1 aliphatic heterocycles. The number of nitrogens with two attached hydrogens (primary N) is 1. The molecule has 3 atom stereocenters. The molecule has 0 bridgehead atoms. The van der Waals surface area contributed by atoms with Crippen molar-refractivity contribution in [1.29, 1.82) is 0 Å². The van der Waals surface area contributed by atoms with Gasteiger partial charge in [-0.15, -0.1) is 0 Å². The predicted octanol–water partition coefficient (Wildman–Crippen LogP) is 4.14. The lowest BCUT2D eigenvalue weighted by atomic mass is 10.0. The van der Waals surface area contributed by atoms with Gasteiger partial charge in [-0.2, -0.15) is 0 Å². The minimum atomic E-state index is -0.167. The molecule has 4 aromatic rings. The van der Waals surface area contributed by atoms with E-state index >= 15 is 0 Å². The number of rotatable bonds is 5. The Morgan fingerprint density at radius 1 is 1.08 bits per heavy atom. The zero-order valence-corrected chi connectivity index (χ0v) is 20.4. The molecule has 0 spiro atoms. The van der Waals surface area contributed by atoms with Gasteiger partial charge in [0.1, 0.15) is 0 Å². The molecular weight excluding hydrogens is 450 g/mol. The van der Waals surface area contributed by atoms with Crippen molar-refractivity contribution in [2.24, 2.45) is 7.05 Å². The zero-order chi connectivity index (χ0) is 25.0. The maximum atomic E-state index is 12.9. The number of nitrogens with zero attached hydrogens (tertiary/aromatic N) is 2. The van der Waals surface area contributed by atoms with E-state index in [9.17, 15) is 9.59 Å². The van der Waals surface area contributed by atoms with Crippen molar-refractivity contribution in [3.63, 3.8) is 0 Å². The summed E-state index contributed by atoms with van der Waals surface area (Å²) in [6, 6.07) is 21.6. The van der Waals surface area contributed by atoms with E-state index in [1.807, 2.05) is 43.1 Å². The SMILES string of the molecule is C[C@@H]1N[C@H]2C[C@H]2N(Cc2cccc3c(-c4ccc(C(=O)Nc5ccc(N)cc5)cc4)cn(C)c23)C1=O. The predicted molar refractivity (Wildman–Crippen MR) is 143 cm³/mol. The topological polar surface area (TPSA) is 92.4 Å². The minimum absolute atomic E-state index is 0.132. The van der Waals surface area contributed by atoms with E-state index in [2.05, 4.69) is 39.6 Å². The Labute approximate surface area is 209 Å². The van der Waals surface area contributed by atoms with E-state index in [1.54, 1.807) is 24.3 Å². The van der Waals surface area contributed by atoms with Gasteiger partial charge in [0, 0.05) is 59.8 Å². The van der Waals surface area contributed by atoms with Crippen LogP contribution in [0.1, 0.15) is 29.3 Å². The third-order valence-electron chi connectivity index (χ3n) is 7.33. The van der Waals surface area contributed by atoms with Gasteiger partial charge in [-0.05, 0) is 60.9 Å². The summed E-state index contributed by atoms with van der Waals surface area (Å²) in [5.41, 5.74) is 12.1. The first-order valence-electron chi connectivity index (χ1n) is 12.3. The highest BCUT2D eigenvalue weighted by Gasteiger charge is 2.49. The molecule has 0 radical (unpaired) electrons. The van der Waals surface area contributed by atoms with Crippen LogP contribution in [-0.2, 0) is 18.4 Å². The van der Waals surface area contributed by atoms with Crippen LogP contribution in [0.15, 0.2) is 72.9 Å².